The molecule has 2 aromatic carbocycles. The number of benzene rings is 2. The van der Waals surface area contributed by atoms with Crippen LogP contribution in [-0.2, 0) is 78.4 Å². The third-order valence-corrected chi connectivity index (χ3v) is 17.3. The van der Waals surface area contributed by atoms with Crippen LogP contribution >= 0.6 is 0 Å². The van der Waals surface area contributed by atoms with E-state index in [0.29, 0.717) is 44.9 Å². The van der Waals surface area contributed by atoms with Crippen molar-refractivity contribution < 1.29 is 72.3 Å². The number of rotatable bonds is 7. The molecule has 0 unspecified atom stereocenters. The van der Waals surface area contributed by atoms with E-state index in [1.54, 1.807) is 48.5 Å². The summed E-state index contributed by atoms with van der Waals surface area (Å²) in [5.74, 6) is -4.95. The number of esters is 2. The Labute approximate surface area is 516 Å². The highest BCUT2D eigenvalue weighted by Gasteiger charge is 2.63. The molecule has 3 aliphatic carbocycles. The standard InChI is InChI=1S/C33H43N3O8.C25H39N3O7.C8H9N/c1-32(2,3)44-31(42)34-25-14-8-6-4-5-7-13-23-18-33(23,30(40)41)35-27(37)26-17-24(19-36(26)28(25)38)43-29(39)22-15-20-11-9-10-12-21(20)16-22;1-5-34-22(32)25-14-16(25)11-9-7-6-8-10-12-18(26-23(33)35-24(2,3)4)21(31)28-15-17(29)13-19(28)20(30)27-25;1-2-4-8-6-9-5-7(8)3-1/h7,9-13,22-26H,4-6,8,14-19H2,1-3H3,(H,34,42)(H,35,37)(H,40,41);9,11,16-19,29H,5-8,10,12-15H2,1-4H3,(H,26,33)(H,27,30);1-4,9H,5-6H2/b13-7-;11-9-;/t23-,24-,25+,26+,33-;16-,17-,18+,19+,25-;/m11./s1. The van der Waals surface area contributed by atoms with E-state index in [9.17, 15) is 53.4 Å². The van der Waals surface area contributed by atoms with Gasteiger partial charge < -0.3 is 65.5 Å². The second kappa shape index (κ2) is 28.9. The van der Waals surface area contributed by atoms with Gasteiger partial charge in [0.05, 0.1) is 25.2 Å². The van der Waals surface area contributed by atoms with E-state index in [-0.39, 0.29) is 62.7 Å². The number of nitrogens with zero attached hydrogens (tertiary/aromatic N) is 2. The van der Waals surface area contributed by atoms with Crippen LogP contribution in [0.3, 0.4) is 0 Å². The van der Waals surface area contributed by atoms with Crippen LogP contribution in [0.25, 0.3) is 0 Å². The molecule has 10 atom stereocenters. The van der Waals surface area contributed by atoms with Gasteiger partial charge in [0.1, 0.15) is 52.6 Å². The van der Waals surface area contributed by atoms with Crippen LogP contribution in [-0.4, -0.2) is 152 Å². The van der Waals surface area contributed by atoms with E-state index in [0.717, 1.165) is 62.7 Å². The van der Waals surface area contributed by atoms with Crippen LogP contribution in [0, 0.1) is 17.8 Å². The van der Waals surface area contributed by atoms with E-state index >= 15 is 0 Å². The zero-order valence-corrected chi connectivity index (χ0v) is 52.1. The molecule has 0 radical (unpaired) electrons. The second-order valence-corrected chi connectivity index (χ2v) is 26.5. The Balaban J connectivity index is 0.000000202. The number of aliphatic hydroxyl groups is 1. The topological polar surface area (TPSA) is 298 Å². The number of aliphatic hydroxyl groups excluding tert-OH is 1. The van der Waals surface area contributed by atoms with E-state index in [4.69, 9.17) is 18.9 Å². The summed E-state index contributed by atoms with van der Waals surface area (Å²) in [5.41, 5.74) is 1.02. The Morgan fingerprint density at radius 1 is 0.636 bits per heavy atom. The molecule has 88 heavy (non-hydrogen) atoms. The Hall–Kier alpha value is -7.33. The van der Waals surface area contributed by atoms with E-state index < -0.39 is 106 Å². The number of hydrogen-bond acceptors (Lipinski definition) is 15. The summed E-state index contributed by atoms with van der Waals surface area (Å²) in [6.45, 7) is 14.3. The van der Waals surface area contributed by atoms with Gasteiger partial charge in [-0.1, -0.05) is 98.5 Å². The first kappa shape index (κ1) is 66.6. The summed E-state index contributed by atoms with van der Waals surface area (Å²) in [6, 6.07) is 12.5. The highest BCUT2D eigenvalue weighted by Crippen LogP contribution is 2.47. The van der Waals surface area contributed by atoms with Gasteiger partial charge in [-0.25, -0.2) is 19.2 Å². The number of ether oxygens (including phenoxy) is 4. The van der Waals surface area contributed by atoms with Crippen molar-refractivity contribution in [3.05, 3.63) is 95.1 Å². The number of carbonyl (C=O) groups is 9. The lowest BCUT2D eigenvalue weighted by Crippen LogP contribution is -2.56. The molecule has 10 rings (SSSR count). The third kappa shape index (κ3) is 17.3. The first-order valence-electron chi connectivity index (χ1n) is 31.5. The van der Waals surface area contributed by atoms with Gasteiger partial charge in [0.25, 0.3) is 0 Å². The van der Waals surface area contributed by atoms with Crippen molar-refractivity contribution >= 4 is 53.7 Å². The Morgan fingerprint density at radius 2 is 1.10 bits per heavy atom. The van der Waals surface area contributed by atoms with Crippen molar-refractivity contribution in [2.45, 2.75) is 223 Å². The van der Waals surface area contributed by atoms with Gasteiger partial charge in [0.2, 0.25) is 23.6 Å². The molecule has 8 aliphatic rings. The minimum absolute atomic E-state index is 0.0261. The number of amides is 6. The van der Waals surface area contributed by atoms with Gasteiger partial charge in [-0.15, -0.1) is 0 Å². The maximum Gasteiger partial charge on any atom is 0.408 e. The zero-order chi connectivity index (χ0) is 63.6. The van der Waals surface area contributed by atoms with E-state index in [2.05, 4.69) is 50.8 Å². The lowest BCUT2D eigenvalue weighted by molar-refractivity contribution is -0.154. The normalized spacial score (nSPS) is 29.6. The molecule has 7 N–H and O–H groups in total. The molecule has 0 bridgehead atoms. The smallest absolute Gasteiger partial charge is 0.408 e. The lowest BCUT2D eigenvalue weighted by Gasteiger charge is -2.30. The van der Waals surface area contributed by atoms with Crippen LogP contribution in [0.4, 0.5) is 9.59 Å². The average molecular weight is 1220 g/mol. The van der Waals surface area contributed by atoms with Gasteiger partial charge in [0.15, 0.2) is 0 Å². The fourth-order valence-corrected chi connectivity index (χ4v) is 12.6. The van der Waals surface area contributed by atoms with Crippen LogP contribution in [0.2, 0.25) is 0 Å². The van der Waals surface area contributed by atoms with Crippen LogP contribution in [0.15, 0.2) is 72.8 Å². The number of carboxylic acid groups (broad SMARTS) is 1. The summed E-state index contributed by atoms with van der Waals surface area (Å²) < 4.78 is 21.9. The molecular formula is C66H91N7O15. The van der Waals surface area contributed by atoms with Crippen molar-refractivity contribution in [1.82, 2.24) is 36.4 Å². The van der Waals surface area contributed by atoms with Crippen molar-refractivity contribution in [3.63, 3.8) is 0 Å². The molecule has 2 saturated carbocycles. The number of aliphatic carboxylic acids is 1. The van der Waals surface area contributed by atoms with Crippen molar-refractivity contribution in [2.75, 3.05) is 19.7 Å². The average Bonchev–Trinajstić information content (AvgIpc) is 1.82. The number of hydrogen-bond donors (Lipinski definition) is 7. The SMILES string of the molecule is CC(C)(C)OC(=O)N[C@H]1CCCCC/C=C\[C@@H]2C[C@@]2(C(=O)O)NC(=O)[C@@H]2C[C@@H](OC(=O)C3Cc4ccccc4C3)CN2C1=O.CCOC(=O)[C@@]12C[C@H]1/C=C\CCCCC[C@H](NC(=O)OC(C)(C)C)C(=O)N1C[C@H](O)C[C@H]1C(=O)N2.c1ccc2c(c1)CNC2. The highest BCUT2D eigenvalue weighted by atomic mass is 16.6. The molecule has 5 aliphatic heterocycles. The Morgan fingerprint density at radius 3 is 1.60 bits per heavy atom. The fourth-order valence-electron chi connectivity index (χ4n) is 12.6. The van der Waals surface area contributed by atoms with Gasteiger partial charge in [-0.05, 0) is 135 Å². The van der Waals surface area contributed by atoms with Crippen LogP contribution in [0.1, 0.15) is 161 Å². The van der Waals surface area contributed by atoms with Crippen molar-refractivity contribution in [1.29, 1.82) is 0 Å². The lowest BCUT2D eigenvalue weighted by atomic mass is 10.0. The molecule has 2 aromatic rings. The first-order chi connectivity index (χ1) is 41.8. The quantitative estimate of drug-likeness (QED) is 0.0899. The molecule has 22 nitrogen and oxygen atoms in total. The summed E-state index contributed by atoms with van der Waals surface area (Å²) >= 11 is 0. The van der Waals surface area contributed by atoms with Gasteiger partial charge >= 0.3 is 30.1 Å². The van der Waals surface area contributed by atoms with Crippen molar-refractivity contribution in [2.24, 2.45) is 17.8 Å². The van der Waals surface area contributed by atoms with Gasteiger partial charge in [-0.2, -0.15) is 0 Å². The molecule has 2 saturated heterocycles. The number of carbonyl (C=O) groups excluding carboxylic acids is 8. The summed E-state index contributed by atoms with van der Waals surface area (Å²) in [6.07, 6.45) is 13.5. The molecule has 6 amide bonds. The van der Waals surface area contributed by atoms with Crippen molar-refractivity contribution in [3.8, 4) is 0 Å². The molecule has 22 heteroatoms. The summed E-state index contributed by atoms with van der Waals surface area (Å²) in [7, 11) is 0. The number of allylic oxidation sites excluding steroid dienone is 2. The third-order valence-electron chi connectivity index (χ3n) is 17.3. The highest BCUT2D eigenvalue weighted by molar-refractivity contribution is 5.98. The molecule has 5 heterocycles. The zero-order valence-electron chi connectivity index (χ0n) is 52.1. The predicted molar refractivity (Wildman–Crippen MR) is 323 cm³/mol. The minimum Gasteiger partial charge on any atom is -0.479 e. The number of carboxylic acids is 1. The maximum absolute atomic E-state index is 14.1. The molecule has 480 valence electrons. The minimum atomic E-state index is -1.44. The number of nitrogens with one attached hydrogen (secondary N) is 5. The van der Waals surface area contributed by atoms with E-state index in [1.165, 1.54) is 20.9 Å². The maximum atomic E-state index is 14.1. The summed E-state index contributed by atoms with van der Waals surface area (Å²) in [5, 5.41) is 34.6. The van der Waals surface area contributed by atoms with Gasteiger partial charge in [-0.3, -0.25) is 24.0 Å². The Kier molecular flexibility index (Phi) is 21.9. The molecular weight excluding hydrogens is 1130 g/mol. The largest absolute Gasteiger partial charge is 0.479 e. The second-order valence-electron chi connectivity index (χ2n) is 26.5. The van der Waals surface area contributed by atoms with Gasteiger partial charge in [0, 0.05) is 44.3 Å². The molecule has 4 fully saturated rings. The molecule has 0 aromatic heterocycles. The van der Waals surface area contributed by atoms with Crippen LogP contribution in [0.5, 0.6) is 0 Å². The molecule has 0 spiro atoms. The number of alkyl carbamates (subject to hydrolysis) is 2. The van der Waals surface area contributed by atoms with E-state index in [1.807, 2.05) is 48.6 Å². The monoisotopic (exact) mass is 1220 g/mol. The first-order valence-corrected chi connectivity index (χ1v) is 31.5. The summed E-state index contributed by atoms with van der Waals surface area (Å²) in [4.78, 5) is 121. The fraction of sp³-hybridized carbons (Fsp3) is 0.621. The number of fused-ring (bicyclic) bond motifs is 6. The van der Waals surface area contributed by atoms with Crippen LogP contribution < -0.4 is 26.6 Å². The predicted octanol–water partition coefficient (Wildman–Crippen LogP) is 6.38. The Bertz CT molecular complexity index is 2910.